The quantitative estimate of drug-likeness (QED) is 0.615. The molecule has 0 fully saturated rings. The number of rotatable bonds is 9. The number of alkyl halides is 2. The van der Waals surface area contributed by atoms with Crippen LogP contribution in [0.25, 0.3) is 0 Å². The number of halogens is 3. The van der Waals surface area contributed by atoms with E-state index in [0.29, 0.717) is 12.0 Å². The van der Waals surface area contributed by atoms with E-state index in [1.165, 1.54) is 44.5 Å². The molecule has 0 atom stereocenters. The van der Waals surface area contributed by atoms with Crippen molar-refractivity contribution in [3.05, 3.63) is 52.5 Å². The minimum Gasteiger partial charge on any atom is -0.493 e. The lowest BCUT2D eigenvalue weighted by atomic mass is 10.1. The zero-order chi connectivity index (χ0) is 21.6. The Morgan fingerprint density at radius 3 is 2.52 bits per heavy atom. The zero-order valence-electron chi connectivity index (χ0n) is 15.5. The van der Waals surface area contributed by atoms with Gasteiger partial charge < -0.3 is 14.8 Å². The van der Waals surface area contributed by atoms with Crippen LogP contribution in [0.15, 0.2) is 41.3 Å². The van der Waals surface area contributed by atoms with Crippen molar-refractivity contribution in [1.29, 1.82) is 0 Å². The third-order valence-corrected chi connectivity index (χ3v) is 5.65. The van der Waals surface area contributed by atoms with Crippen LogP contribution in [-0.2, 0) is 16.4 Å². The summed E-state index contributed by atoms with van der Waals surface area (Å²) >= 11 is 6.01. The molecule has 0 radical (unpaired) electrons. The van der Waals surface area contributed by atoms with E-state index >= 15 is 0 Å². The van der Waals surface area contributed by atoms with Gasteiger partial charge in [-0.15, -0.1) is 0 Å². The summed E-state index contributed by atoms with van der Waals surface area (Å²) in [6, 6.07) is 8.30. The van der Waals surface area contributed by atoms with Gasteiger partial charge in [-0.2, -0.15) is 8.78 Å². The Bertz CT molecular complexity index is 986. The predicted octanol–water partition coefficient (Wildman–Crippen LogP) is 2.83. The van der Waals surface area contributed by atoms with Crippen LogP contribution < -0.4 is 19.5 Å². The lowest BCUT2D eigenvalue weighted by molar-refractivity contribution is -0.0512. The van der Waals surface area contributed by atoms with Crippen LogP contribution in [-0.4, -0.2) is 41.6 Å². The Kier molecular flexibility index (Phi) is 7.77. The van der Waals surface area contributed by atoms with E-state index in [1.54, 1.807) is 6.07 Å². The van der Waals surface area contributed by atoms with E-state index in [0.717, 1.165) is 0 Å². The number of amides is 1. The monoisotopic (exact) mass is 448 g/mol. The van der Waals surface area contributed by atoms with Crippen LogP contribution >= 0.6 is 11.6 Å². The molecule has 0 aliphatic rings. The fourth-order valence-electron chi connectivity index (χ4n) is 2.44. The van der Waals surface area contributed by atoms with Crippen LogP contribution in [0.4, 0.5) is 8.78 Å². The van der Waals surface area contributed by atoms with E-state index in [4.69, 9.17) is 16.3 Å². The van der Waals surface area contributed by atoms with Crippen molar-refractivity contribution in [2.24, 2.45) is 0 Å². The fraction of sp³-hybridized carbons (Fsp3) is 0.278. The first-order valence-corrected chi connectivity index (χ1v) is 10.2. The summed E-state index contributed by atoms with van der Waals surface area (Å²) in [6.07, 6.45) is 0.307. The molecule has 1 amide bonds. The van der Waals surface area contributed by atoms with Gasteiger partial charge in [0.15, 0.2) is 11.5 Å². The van der Waals surface area contributed by atoms with E-state index in [9.17, 15) is 22.0 Å². The minimum absolute atomic E-state index is 0.000514. The molecule has 0 saturated carbocycles. The highest BCUT2D eigenvalue weighted by Gasteiger charge is 2.17. The second-order valence-electron chi connectivity index (χ2n) is 5.72. The Labute approximate surface area is 172 Å². The number of ether oxygens (including phenoxy) is 2. The van der Waals surface area contributed by atoms with Crippen molar-refractivity contribution in [3.8, 4) is 11.5 Å². The average Bonchev–Trinajstić information content (AvgIpc) is 2.67. The van der Waals surface area contributed by atoms with Crippen LogP contribution in [0.3, 0.4) is 0 Å². The third kappa shape index (κ3) is 6.02. The molecule has 0 heterocycles. The Morgan fingerprint density at radius 2 is 1.90 bits per heavy atom. The molecular weight excluding hydrogens is 430 g/mol. The van der Waals surface area contributed by atoms with Gasteiger partial charge in [0.05, 0.1) is 22.6 Å². The van der Waals surface area contributed by atoms with Crippen molar-refractivity contribution in [1.82, 2.24) is 10.0 Å². The summed E-state index contributed by atoms with van der Waals surface area (Å²) in [4.78, 5) is 12.3. The number of benzene rings is 2. The molecule has 11 heteroatoms. The summed E-state index contributed by atoms with van der Waals surface area (Å²) in [5.41, 5.74) is 0.624. The normalized spacial score (nSPS) is 11.4. The number of nitrogens with one attached hydrogen (secondary N) is 2. The Hall–Kier alpha value is -2.43. The topological polar surface area (TPSA) is 93.7 Å². The van der Waals surface area contributed by atoms with Crippen molar-refractivity contribution in [3.63, 3.8) is 0 Å². The lowest BCUT2D eigenvalue weighted by Gasteiger charge is -2.12. The van der Waals surface area contributed by atoms with Gasteiger partial charge in [-0.05, 0) is 49.4 Å². The Morgan fingerprint density at radius 1 is 1.17 bits per heavy atom. The van der Waals surface area contributed by atoms with Gasteiger partial charge in [0.1, 0.15) is 0 Å². The lowest BCUT2D eigenvalue weighted by Crippen LogP contribution is -2.26. The molecule has 0 saturated heterocycles. The zero-order valence-corrected chi connectivity index (χ0v) is 17.1. The summed E-state index contributed by atoms with van der Waals surface area (Å²) in [6.45, 7) is -2.85. The molecule has 2 N–H and O–H groups in total. The molecule has 0 bridgehead atoms. The summed E-state index contributed by atoms with van der Waals surface area (Å²) in [7, 11) is -1.14. The average molecular weight is 449 g/mol. The van der Waals surface area contributed by atoms with Gasteiger partial charge >= 0.3 is 6.61 Å². The molecule has 2 aromatic carbocycles. The SMILES string of the molecule is CNS(=O)(=O)c1ccc(Cl)c(C(=O)NCCc2ccc(OC)c(OC(F)F)c2)c1. The van der Waals surface area contributed by atoms with Crippen LogP contribution in [0, 0.1) is 0 Å². The second kappa shape index (κ2) is 9.86. The number of methoxy groups -OCH3 is 1. The van der Waals surface area contributed by atoms with Gasteiger partial charge in [0.25, 0.3) is 5.91 Å². The molecule has 29 heavy (non-hydrogen) atoms. The maximum atomic E-state index is 12.5. The molecule has 158 valence electrons. The van der Waals surface area contributed by atoms with Crippen LogP contribution in [0.5, 0.6) is 11.5 Å². The summed E-state index contributed by atoms with van der Waals surface area (Å²) in [5, 5.41) is 2.71. The van der Waals surface area contributed by atoms with E-state index in [-0.39, 0.29) is 33.5 Å². The van der Waals surface area contributed by atoms with Gasteiger partial charge in [0.2, 0.25) is 10.0 Å². The molecule has 0 unspecified atom stereocenters. The van der Waals surface area contributed by atoms with E-state index < -0.39 is 22.5 Å². The minimum atomic E-state index is -3.73. The molecule has 0 aromatic heterocycles. The number of carbonyl (C=O) groups excluding carboxylic acids is 1. The molecule has 7 nitrogen and oxygen atoms in total. The maximum absolute atomic E-state index is 12.5. The van der Waals surface area contributed by atoms with Crippen molar-refractivity contribution in [2.75, 3.05) is 20.7 Å². The first kappa shape index (κ1) is 22.9. The van der Waals surface area contributed by atoms with Gasteiger partial charge in [0, 0.05) is 6.54 Å². The molecule has 0 spiro atoms. The Balaban J connectivity index is 2.08. The van der Waals surface area contributed by atoms with Crippen molar-refractivity contribution in [2.45, 2.75) is 17.9 Å². The highest BCUT2D eigenvalue weighted by Crippen LogP contribution is 2.29. The fourth-order valence-corrected chi connectivity index (χ4v) is 3.40. The standard InChI is InChI=1S/C18H19ClF2N2O5S/c1-22-29(25,26)12-4-5-14(19)13(10-12)17(24)23-8-7-11-3-6-15(27-2)16(9-11)28-18(20)21/h3-6,9-10,18,22H,7-8H2,1-2H3,(H,23,24). The van der Waals surface area contributed by atoms with E-state index in [2.05, 4.69) is 14.8 Å². The first-order chi connectivity index (χ1) is 13.7. The van der Waals surface area contributed by atoms with Crippen LogP contribution in [0.2, 0.25) is 5.02 Å². The second-order valence-corrected chi connectivity index (χ2v) is 8.01. The number of hydrogen-bond acceptors (Lipinski definition) is 5. The highest BCUT2D eigenvalue weighted by atomic mass is 35.5. The third-order valence-electron chi connectivity index (χ3n) is 3.90. The van der Waals surface area contributed by atoms with E-state index in [1.807, 2.05) is 0 Å². The van der Waals surface area contributed by atoms with Crippen LogP contribution in [0.1, 0.15) is 15.9 Å². The molecular formula is C18H19ClF2N2O5S. The van der Waals surface area contributed by atoms with Crippen molar-refractivity contribution < 1.29 is 31.5 Å². The molecule has 2 rings (SSSR count). The summed E-state index contributed by atoms with van der Waals surface area (Å²) in [5.74, 6) is -0.521. The number of sulfonamides is 1. The molecule has 2 aromatic rings. The van der Waals surface area contributed by atoms with Gasteiger partial charge in [-0.1, -0.05) is 17.7 Å². The molecule has 0 aliphatic heterocycles. The maximum Gasteiger partial charge on any atom is 0.387 e. The number of hydrogen-bond donors (Lipinski definition) is 2. The number of carbonyl (C=O) groups is 1. The largest absolute Gasteiger partial charge is 0.493 e. The van der Waals surface area contributed by atoms with Gasteiger partial charge in [-0.25, -0.2) is 13.1 Å². The van der Waals surface area contributed by atoms with Gasteiger partial charge in [-0.3, -0.25) is 4.79 Å². The highest BCUT2D eigenvalue weighted by molar-refractivity contribution is 7.89. The summed E-state index contributed by atoms with van der Waals surface area (Å²) < 4.78 is 60.3. The van der Waals surface area contributed by atoms with Crippen molar-refractivity contribution >= 4 is 27.5 Å². The first-order valence-electron chi connectivity index (χ1n) is 8.31. The smallest absolute Gasteiger partial charge is 0.387 e. The predicted molar refractivity (Wildman–Crippen MR) is 103 cm³/mol. The molecule has 0 aliphatic carbocycles.